The first-order chi connectivity index (χ1) is 13.8. The van der Waals surface area contributed by atoms with E-state index in [0.29, 0.717) is 17.5 Å². The van der Waals surface area contributed by atoms with Gasteiger partial charge >= 0.3 is 5.97 Å². The van der Waals surface area contributed by atoms with Crippen LogP contribution in [0.3, 0.4) is 0 Å². The largest absolute Gasteiger partial charge is 0.467 e. The molecule has 6 nitrogen and oxygen atoms in total. The van der Waals surface area contributed by atoms with Crippen molar-refractivity contribution in [1.29, 1.82) is 0 Å². The Hall–Kier alpha value is -2.99. The first kappa shape index (κ1) is 22.3. The van der Waals surface area contributed by atoms with Gasteiger partial charge in [0.15, 0.2) is 5.78 Å². The molecule has 2 N–H and O–H groups in total. The third kappa shape index (κ3) is 6.54. The van der Waals surface area contributed by atoms with E-state index in [0.717, 1.165) is 5.56 Å². The van der Waals surface area contributed by atoms with E-state index in [9.17, 15) is 19.5 Å². The highest BCUT2D eigenvalue weighted by atomic mass is 16.5. The molecule has 0 aliphatic rings. The van der Waals surface area contributed by atoms with Crippen LogP contribution in [-0.2, 0) is 20.7 Å². The minimum atomic E-state index is -1.19. The second-order valence-corrected chi connectivity index (χ2v) is 7.33. The Morgan fingerprint density at radius 3 is 2.10 bits per heavy atom. The van der Waals surface area contributed by atoms with Crippen molar-refractivity contribution in [2.24, 2.45) is 5.92 Å². The SMILES string of the molecule is COC(=O)[C@@H](Cc1ccc(C(=O)c2ccccc2)cc1)NC(=O)[C@@H](O)CC(C)C. The summed E-state index contributed by atoms with van der Waals surface area (Å²) in [6, 6.07) is 14.9. The molecule has 0 radical (unpaired) electrons. The molecule has 0 bridgehead atoms. The third-order valence-corrected chi connectivity index (χ3v) is 4.49. The van der Waals surface area contributed by atoms with E-state index in [1.165, 1.54) is 7.11 Å². The minimum Gasteiger partial charge on any atom is -0.467 e. The van der Waals surface area contributed by atoms with Gasteiger partial charge < -0.3 is 15.2 Å². The predicted molar refractivity (Wildman–Crippen MR) is 109 cm³/mol. The van der Waals surface area contributed by atoms with Crippen molar-refractivity contribution in [2.45, 2.75) is 38.8 Å². The maximum Gasteiger partial charge on any atom is 0.328 e. The van der Waals surface area contributed by atoms with Crippen molar-refractivity contribution in [1.82, 2.24) is 5.32 Å². The number of hydrogen-bond donors (Lipinski definition) is 2. The fourth-order valence-electron chi connectivity index (χ4n) is 2.94. The molecule has 6 heteroatoms. The molecule has 1 amide bonds. The van der Waals surface area contributed by atoms with Crippen LogP contribution in [0.4, 0.5) is 0 Å². The monoisotopic (exact) mass is 397 g/mol. The number of aliphatic hydroxyl groups is 1. The number of carbonyl (C=O) groups excluding carboxylic acids is 3. The average molecular weight is 397 g/mol. The summed E-state index contributed by atoms with van der Waals surface area (Å²) >= 11 is 0. The third-order valence-electron chi connectivity index (χ3n) is 4.49. The van der Waals surface area contributed by atoms with Crippen molar-refractivity contribution in [3.8, 4) is 0 Å². The van der Waals surface area contributed by atoms with Gasteiger partial charge in [0.05, 0.1) is 7.11 Å². The van der Waals surface area contributed by atoms with Gasteiger partial charge in [-0.25, -0.2) is 4.79 Å². The molecule has 2 rings (SSSR count). The lowest BCUT2D eigenvalue weighted by molar-refractivity contribution is -0.146. The second kappa shape index (κ2) is 10.5. The summed E-state index contributed by atoms with van der Waals surface area (Å²) < 4.78 is 4.78. The molecule has 0 fully saturated rings. The van der Waals surface area contributed by atoms with Crippen LogP contribution in [0, 0.1) is 5.92 Å². The van der Waals surface area contributed by atoms with Crippen LogP contribution in [0.1, 0.15) is 41.8 Å². The van der Waals surface area contributed by atoms with Crippen molar-refractivity contribution in [3.05, 3.63) is 71.3 Å². The molecule has 0 saturated heterocycles. The second-order valence-electron chi connectivity index (χ2n) is 7.33. The summed E-state index contributed by atoms with van der Waals surface area (Å²) in [5, 5.41) is 12.5. The first-order valence-electron chi connectivity index (χ1n) is 9.56. The normalized spacial score (nSPS) is 12.9. The zero-order chi connectivity index (χ0) is 21.4. The van der Waals surface area contributed by atoms with Crippen LogP contribution in [0.15, 0.2) is 54.6 Å². The maximum atomic E-state index is 12.5. The molecule has 2 atom stereocenters. The molecule has 2 aromatic rings. The quantitative estimate of drug-likeness (QED) is 0.501. The Bertz CT molecular complexity index is 830. The molecule has 0 heterocycles. The van der Waals surface area contributed by atoms with Gasteiger partial charge in [0.1, 0.15) is 12.1 Å². The van der Waals surface area contributed by atoms with Gasteiger partial charge in [-0.2, -0.15) is 0 Å². The highest BCUT2D eigenvalue weighted by molar-refractivity contribution is 6.08. The smallest absolute Gasteiger partial charge is 0.328 e. The van der Waals surface area contributed by atoms with E-state index in [1.807, 2.05) is 19.9 Å². The summed E-state index contributed by atoms with van der Waals surface area (Å²) in [7, 11) is 1.24. The van der Waals surface area contributed by atoms with Crippen LogP contribution in [0.25, 0.3) is 0 Å². The van der Waals surface area contributed by atoms with Crippen molar-refractivity contribution < 1.29 is 24.2 Å². The molecule has 0 aromatic heterocycles. The molecule has 0 unspecified atom stereocenters. The van der Waals surface area contributed by atoms with Crippen LogP contribution < -0.4 is 5.32 Å². The number of rotatable bonds is 9. The number of aliphatic hydroxyl groups excluding tert-OH is 1. The summed E-state index contributed by atoms with van der Waals surface area (Å²) in [5.74, 6) is -1.15. The Balaban J connectivity index is 2.08. The molecule has 154 valence electrons. The number of carbonyl (C=O) groups is 3. The number of ether oxygens (including phenoxy) is 1. The number of hydrogen-bond acceptors (Lipinski definition) is 5. The number of benzene rings is 2. The number of methoxy groups -OCH3 is 1. The maximum absolute atomic E-state index is 12.5. The average Bonchev–Trinajstić information content (AvgIpc) is 2.72. The van der Waals surface area contributed by atoms with E-state index in [4.69, 9.17) is 4.74 Å². The zero-order valence-electron chi connectivity index (χ0n) is 16.9. The molecule has 0 spiro atoms. The molecule has 0 aliphatic heterocycles. The van der Waals surface area contributed by atoms with Gasteiger partial charge in [0.2, 0.25) is 5.91 Å². The molecule has 29 heavy (non-hydrogen) atoms. The fourth-order valence-corrected chi connectivity index (χ4v) is 2.94. The Morgan fingerprint density at radius 2 is 1.55 bits per heavy atom. The van der Waals surface area contributed by atoms with E-state index < -0.39 is 24.0 Å². The molecule has 0 saturated carbocycles. The van der Waals surface area contributed by atoms with E-state index >= 15 is 0 Å². The van der Waals surface area contributed by atoms with Crippen LogP contribution in [0.2, 0.25) is 0 Å². The lowest BCUT2D eigenvalue weighted by atomic mass is 9.99. The standard InChI is InChI=1S/C23H27NO5/c1-15(2)13-20(25)22(27)24-19(23(28)29-3)14-16-9-11-18(12-10-16)21(26)17-7-5-4-6-8-17/h4-12,15,19-20,25H,13-14H2,1-3H3,(H,24,27)/t19-,20+/m1/s1. The van der Waals surface area contributed by atoms with Gasteiger partial charge in [-0.3, -0.25) is 9.59 Å². The topological polar surface area (TPSA) is 92.7 Å². The number of ketones is 1. The fraction of sp³-hybridized carbons (Fsp3) is 0.348. The van der Waals surface area contributed by atoms with Crippen molar-refractivity contribution in [2.75, 3.05) is 7.11 Å². The predicted octanol–water partition coefficient (Wildman–Crippen LogP) is 2.52. The van der Waals surface area contributed by atoms with Gasteiger partial charge in [-0.05, 0) is 17.9 Å². The van der Waals surface area contributed by atoms with Crippen LogP contribution >= 0.6 is 0 Å². The number of amides is 1. The molecule has 0 aliphatic carbocycles. The van der Waals surface area contributed by atoms with Gasteiger partial charge in [0, 0.05) is 17.5 Å². The zero-order valence-corrected chi connectivity index (χ0v) is 16.9. The summed E-state index contributed by atoms with van der Waals surface area (Å²) in [4.78, 5) is 36.8. The minimum absolute atomic E-state index is 0.0909. The highest BCUT2D eigenvalue weighted by Gasteiger charge is 2.26. The molecular formula is C23H27NO5. The van der Waals surface area contributed by atoms with Crippen LogP contribution in [0.5, 0.6) is 0 Å². The van der Waals surface area contributed by atoms with Gasteiger partial charge in [-0.1, -0.05) is 68.4 Å². The molecular weight excluding hydrogens is 370 g/mol. The highest BCUT2D eigenvalue weighted by Crippen LogP contribution is 2.13. The van der Waals surface area contributed by atoms with Crippen molar-refractivity contribution >= 4 is 17.7 Å². The van der Waals surface area contributed by atoms with E-state index in [2.05, 4.69) is 5.32 Å². The lowest BCUT2D eigenvalue weighted by Gasteiger charge is -2.19. The van der Waals surface area contributed by atoms with Crippen molar-refractivity contribution in [3.63, 3.8) is 0 Å². The summed E-state index contributed by atoms with van der Waals surface area (Å²) in [5.41, 5.74) is 1.88. The van der Waals surface area contributed by atoms with E-state index in [-0.39, 0.29) is 18.1 Å². The number of nitrogens with one attached hydrogen (secondary N) is 1. The van der Waals surface area contributed by atoms with Gasteiger partial charge in [-0.15, -0.1) is 0 Å². The number of esters is 1. The van der Waals surface area contributed by atoms with Gasteiger partial charge in [0.25, 0.3) is 0 Å². The first-order valence-corrected chi connectivity index (χ1v) is 9.56. The lowest BCUT2D eigenvalue weighted by Crippen LogP contribution is -2.47. The Morgan fingerprint density at radius 1 is 0.966 bits per heavy atom. The summed E-state index contributed by atoms with van der Waals surface area (Å²) in [6.45, 7) is 3.79. The Kier molecular flexibility index (Phi) is 8.09. The van der Waals surface area contributed by atoms with Crippen LogP contribution in [-0.4, -0.2) is 42.0 Å². The van der Waals surface area contributed by atoms with E-state index in [1.54, 1.807) is 48.5 Å². The molecule has 2 aromatic carbocycles. The Labute approximate surface area is 170 Å². The summed E-state index contributed by atoms with van der Waals surface area (Å²) in [6.07, 6.45) is -0.698.